The molecule has 0 radical (unpaired) electrons. The number of piperazine rings is 1. The first kappa shape index (κ1) is 20.8. The molecule has 1 saturated heterocycles. The number of amides is 2. The molecule has 0 N–H and O–H groups in total. The van der Waals surface area contributed by atoms with Crippen LogP contribution >= 0.6 is 0 Å². The van der Waals surface area contributed by atoms with Crippen LogP contribution in [0, 0.1) is 0 Å². The van der Waals surface area contributed by atoms with Crippen LogP contribution in [-0.4, -0.2) is 45.6 Å². The van der Waals surface area contributed by atoms with Gasteiger partial charge in [0.25, 0.3) is 5.91 Å². The summed E-state index contributed by atoms with van der Waals surface area (Å²) in [6.45, 7) is 2.72. The van der Waals surface area contributed by atoms with Crippen molar-refractivity contribution in [3.05, 3.63) is 72.6 Å². The minimum Gasteiger partial charge on any atom is -0.323 e. The molecule has 0 aliphatic carbocycles. The average molecular weight is 417 g/mol. The van der Waals surface area contributed by atoms with Crippen LogP contribution < -0.4 is 4.90 Å². The topological polar surface area (TPSA) is 58.4 Å². The van der Waals surface area contributed by atoms with Gasteiger partial charge in [0.1, 0.15) is 12.2 Å². The summed E-state index contributed by atoms with van der Waals surface area (Å²) in [7, 11) is 1.75. The molecule has 1 atom stereocenters. The van der Waals surface area contributed by atoms with E-state index in [1.165, 1.54) is 0 Å². The molecule has 160 valence electrons. The van der Waals surface area contributed by atoms with Crippen LogP contribution in [0.3, 0.4) is 0 Å². The number of nitrogens with zero attached hydrogens (tertiary/aromatic N) is 4. The zero-order chi connectivity index (χ0) is 21.8. The van der Waals surface area contributed by atoms with E-state index in [-0.39, 0.29) is 24.4 Å². The first-order valence-corrected chi connectivity index (χ1v) is 10.8. The van der Waals surface area contributed by atoms with E-state index in [1.807, 2.05) is 35.2 Å². The summed E-state index contributed by atoms with van der Waals surface area (Å²) in [4.78, 5) is 29.9. The van der Waals surface area contributed by atoms with Crippen LogP contribution in [0.5, 0.6) is 0 Å². The molecule has 4 rings (SSSR count). The van der Waals surface area contributed by atoms with Crippen LogP contribution in [-0.2, 0) is 11.8 Å². The molecule has 0 unspecified atom stereocenters. The SMILES string of the molecule is CCCC[C@H]1CN(c2cccc(-c3ccccc3)c2)C(=O)CN1C(=O)c1ccnn1C. The van der Waals surface area contributed by atoms with Crippen molar-refractivity contribution >= 4 is 17.5 Å². The average Bonchev–Trinajstić information content (AvgIpc) is 3.24. The van der Waals surface area contributed by atoms with Crippen molar-refractivity contribution in [3.63, 3.8) is 0 Å². The third-order valence-corrected chi connectivity index (χ3v) is 5.90. The number of carbonyl (C=O) groups is 2. The molecular weight excluding hydrogens is 388 g/mol. The highest BCUT2D eigenvalue weighted by Gasteiger charge is 2.36. The van der Waals surface area contributed by atoms with E-state index >= 15 is 0 Å². The summed E-state index contributed by atoms with van der Waals surface area (Å²) >= 11 is 0. The molecule has 6 heteroatoms. The Labute approximate surface area is 183 Å². The highest BCUT2D eigenvalue weighted by molar-refractivity contribution is 6.01. The number of aryl methyl sites for hydroxylation is 1. The lowest BCUT2D eigenvalue weighted by atomic mass is 10.0. The summed E-state index contributed by atoms with van der Waals surface area (Å²) in [6, 6.07) is 19.9. The summed E-state index contributed by atoms with van der Waals surface area (Å²) in [5.74, 6) is -0.194. The Morgan fingerprint density at radius 2 is 1.84 bits per heavy atom. The second-order valence-electron chi connectivity index (χ2n) is 7.99. The van der Waals surface area contributed by atoms with Gasteiger partial charge in [-0.2, -0.15) is 5.10 Å². The molecule has 1 aliphatic heterocycles. The highest BCUT2D eigenvalue weighted by atomic mass is 16.2. The van der Waals surface area contributed by atoms with Gasteiger partial charge in [0, 0.05) is 25.5 Å². The Bertz CT molecular complexity index is 1060. The molecular formula is C25H28N4O2. The molecule has 31 heavy (non-hydrogen) atoms. The van der Waals surface area contributed by atoms with Crippen LogP contribution in [0.25, 0.3) is 11.1 Å². The van der Waals surface area contributed by atoms with E-state index in [4.69, 9.17) is 0 Å². The maximum absolute atomic E-state index is 13.2. The third-order valence-electron chi connectivity index (χ3n) is 5.90. The smallest absolute Gasteiger partial charge is 0.272 e. The zero-order valence-electron chi connectivity index (χ0n) is 18.1. The summed E-state index contributed by atoms with van der Waals surface area (Å²) in [5.41, 5.74) is 3.57. The van der Waals surface area contributed by atoms with Gasteiger partial charge in [-0.05, 0) is 35.7 Å². The minimum atomic E-state index is -0.132. The fraction of sp³-hybridized carbons (Fsp3) is 0.320. The minimum absolute atomic E-state index is 0.0274. The first-order valence-electron chi connectivity index (χ1n) is 10.8. The fourth-order valence-electron chi connectivity index (χ4n) is 4.16. The monoisotopic (exact) mass is 416 g/mol. The molecule has 0 spiro atoms. The second-order valence-corrected chi connectivity index (χ2v) is 7.99. The van der Waals surface area contributed by atoms with Gasteiger partial charge < -0.3 is 9.80 Å². The lowest BCUT2D eigenvalue weighted by molar-refractivity contribution is -0.121. The van der Waals surface area contributed by atoms with Gasteiger partial charge in [-0.3, -0.25) is 14.3 Å². The maximum atomic E-state index is 13.2. The van der Waals surface area contributed by atoms with Gasteiger partial charge in [0.15, 0.2) is 0 Å². The van der Waals surface area contributed by atoms with Crippen LogP contribution in [0.15, 0.2) is 66.9 Å². The quantitative estimate of drug-likeness (QED) is 0.607. The summed E-state index contributed by atoms with van der Waals surface area (Å²) in [6.07, 6.45) is 4.53. The van der Waals surface area contributed by atoms with Gasteiger partial charge in [0.05, 0.1) is 6.04 Å². The van der Waals surface area contributed by atoms with Gasteiger partial charge in [-0.25, -0.2) is 0 Å². The van der Waals surface area contributed by atoms with E-state index in [0.717, 1.165) is 36.1 Å². The number of benzene rings is 2. The summed E-state index contributed by atoms with van der Waals surface area (Å²) in [5, 5.41) is 4.11. The Balaban J connectivity index is 1.61. The first-order chi connectivity index (χ1) is 15.1. The van der Waals surface area contributed by atoms with Crippen LogP contribution in [0.2, 0.25) is 0 Å². The lowest BCUT2D eigenvalue weighted by Crippen LogP contribution is -2.58. The van der Waals surface area contributed by atoms with Gasteiger partial charge in [0.2, 0.25) is 5.91 Å². The Morgan fingerprint density at radius 1 is 1.06 bits per heavy atom. The van der Waals surface area contributed by atoms with Crippen LogP contribution in [0.1, 0.15) is 36.7 Å². The molecule has 2 heterocycles. The van der Waals surface area contributed by atoms with Crippen LogP contribution in [0.4, 0.5) is 5.69 Å². The predicted molar refractivity (Wildman–Crippen MR) is 122 cm³/mol. The van der Waals surface area contributed by atoms with Crippen molar-refractivity contribution in [1.29, 1.82) is 0 Å². The largest absolute Gasteiger partial charge is 0.323 e. The summed E-state index contributed by atoms with van der Waals surface area (Å²) < 4.78 is 1.57. The molecule has 1 aliphatic rings. The number of unbranched alkanes of at least 4 members (excludes halogenated alkanes) is 1. The Hall–Kier alpha value is -3.41. The van der Waals surface area contributed by atoms with Gasteiger partial charge in [-0.15, -0.1) is 0 Å². The van der Waals surface area contributed by atoms with E-state index in [1.54, 1.807) is 28.9 Å². The van der Waals surface area contributed by atoms with Crippen molar-refractivity contribution in [2.75, 3.05) is 18.0 Å². The molecule has 2 amide bonds. The Morgan fingerprint density at radius 3 is 2.55 bits per heavy atom. The van der Waals surface area contributed by atoms with Crippen molar-refractivity contribution in [2.24, 2.45) is 7.05 Å². The predicted octanol–water partition coefficient (Wildman–Crippen LogP) is 4.13. The van der Waals surface area contributed by atoms with Crippen molar-refractivity contribution in [1.82, 2.24) is 14.7 Å². The van der Waals surface area contributed by atoms with E-state index in [2.05, 4.69) is 36.3 Å². The number of anilines is 1. The molecule has 6 nitrogen and oxygen atoms in total. The maximum Gasteiger partial charge on any atom is 0.272 e. The normalized spacial score (nSPS) is 16.6. The molecule has 2 aromatic carbocycles. The molecule has 0 saturated carbocycles. The van der Waals surface area contributed by atoms with Gasteiger partial charge >= 0.3 is 0 Å². The van der Waals surface area contributed by atoms with E-state index < -0.39 is 0 Å². The lowest BCUT2D eigenvalue weighted by Gasteiger charge is -2.41. The molecule has 1 aromatic heterocycles. The molecule has 3 aromatic rings. The number of aromatic nitrogens is 2. The van der Waals surface area contributed by atoms with Crippen molar-refractivity contribution in [3.8, 4) is 11.1 Å². The van der Waals surface area contributed by atoms with Crippen molar-refractivity contribution in [2.45, 2.75) is 32.2 Å². The van der Waals surface area contributed by atoms with E-state index in [0.29, 0.717) is 12.2 Å². The van der Waals surface area contributed by atoms with Gasteiger partial charge in [-0.1, -0.05) is 62.2 Å². The number of carbonyl (C=O) groups excluding carboxylic acids is 2. The number of hydrogen-bond donors (Lipinski definition) is 0. The molecule has 0 bridgehead atoms. The standard InChI is InChI=1S/C25H28N4O2/c1-3-4-12-22-17-28(21-13-8-11-20(16-21)19-9-6-5-7-10-19)24(30)18-29(22)25(31)23-14-15-26-27(23)2/h5-11,13-16,22H,3-4,12,17-18H2,1-2H3/t22-/m0/s1. The number of hydrogen-bond acceptors (Lipinski definition) is 3. The Kier molecular flexibility index (Phi) is 6.16. The number of rotatable bonds is 6. The van der Waals surface area contributed by atoms with E-state index in [9.17, 15) is 9.59 Å². The highest BCUT2D eigenvalue weighted by Crippen LogP contribution is 2.28. The molecule has 1 fully saturated rings. The third kappa shape index (κ3) is 4.38. The zero-order valence-corrected chi connectivity index (χ0v) is 18.1. The second kappa shape index (κ2) is 9.16. The fourth-order valence-corrected chi connectivity index (χ4v) is 4.16. The van der Waals surface area contributed by atoms with Crippen molar-refractivity contribution < 1.29 is 9.59 Å².